The summed E-state index contributed by atoms with van der Waals surface area (Å²) in [5.74, 6) is 0.882. The highest BCUT2D eigenvalue weighted by Gasteiger charge is 2.09. The van der Waals surface area contributed by atoms with Crippen LogP contribution in [0.3, 0.4) is 0 Å². The number of anilines is 1. The Morgan fingerprint density at radius 3 is 2.68 bits per heavy atom. The molecule has 1 atom stereocenters. The molecule has 3 rings (SSSR count). The molecule has 0 aromatic heterocycles. The lowest BCUT2D eigenvalue weighted by Gasteiger charge is -2.20. The molecule has 0 fully saturated rings. The average Bonchev–Trinajstić information content (AvgIpc) is 2.63. The maximum absolute atomic E-state index is 5.26. The molecule has 1 aliphatic rings. The monoisotopic (exact) mass is 331 g/mol. The van der Waals surface area contributed by atoms with Crippen LogP contribution in [-0.2, 0) is 0 Å². The zero-order valence-corrected chi connectivity index (χ0v) is 15.1. The molecule has 1 unspecified atom stereocenters. The van der Waals surface area contributed by atoms with Crippen LogP contribution >= 0.6 is 0 Å². The van der Waals surface area contributed by atoms with Crippen molar-refractivity contribution in [3.63, 3.8) is 0 Å². The maximum Gasteiger partial charge on any atom is 0.119 e. The predicted molar refractivity (Wildman–Crippen MR) is 107 cm³/mol. The lowest BCUT2D eigenvalue weighted by atomic mass is 10.0. The van der Waals surface area contributed by atoms with Gasteiger partial charge in [-0.05, 0) is 55.2 Å². The van der Waals surface area contributed by atoms with Crippen LogP contribution in [0.4, 0.5) is 5.69 Å². The van der Waals surface area contributed by atoms with Gasteiger partial charge in [-0.25, -0.2) is 0 Å². The summed E-state index contributed by atoms with van der Waals surface area (Å²) < 4.78 is 5.26. The van der Waals surface area contributed by atoms with Gasteiger partial charge >= 0.3 is 0 Å². The highest BCUT2D eigenvalue weighted by atomic mass is 16.5. The largest absolute Gasteiger partial charge is 0.497 e. The summed E-state index contributed by atoms with van der Waals surface area (Å²) in [6.07, 6.45) is 12.0. The first kappa shape index (κ1) is 17.1. The summed E-state index contributed by atoms with van der Waals surface area (Å²) in [5.41, 5.74) is 6.18. The van der Waals surface area contributed by atoms with Gasteiger partial charge in [-0.15, -0.1) is 0 Å². The Morgan fingerprint density at radius 2 is 1.96 bits per heavy atom. The second-order valence-corrected chi connectivity index (χ2v) is 6.48. The molecule has 2 nitrogen and oxygen atoms in total. The maximum atomic E-state index is 5.26. The average molecular weight is 331 g/mol. The Morgan fingerprint density at radius 1 is 1.08 bits per heavy atom. The number of aryl methyl sites for hydroxylation is 2. The van der Waals surface area contributed by atoms with Crippen molar-refractivity contribution < 1.29 is 4.74 Å². The van der Waals surface area contributed by atoms with E-state index in [0.29, 0.717) is 6.04 Å². The third kappa shape index (κ3) is 4.63. The Balaban J connectivity index is 1.61. The van der Waals surface area contributed by atoms with E-state index >= 15 is 0 Å². The van der Waals surface area contributed by atoms with Crippen LogP contribution < -0.4 is 10.1 Å². The van der Waals surface area contributed by atoms with Gasteiger partial charge in [0.1, 0.15) is 5.75 Å². The highest BCUT2D eigenvalue weighted by Crippen LogP contribution is 2.21. The third-order valence-electron chi connectivity index (χ3n) is 4.41. The van der Waals surface area contributed by atoms with E-state index in [1.54, 1.807) is 7.11 Å². The number of benzene rings is 2. The SMILES string of the molecule is COc1cccc(C=CC2=CCC(Nc3ccc(C)cc3C)C=C2)c1. The molecule has 25 heavy (non-hydrogen) atoms. The quantitative estimate of drug-likeness (QED) is 0.759. The number of ether oxygens (including phenoxy) is 1. The summed E-state index contributed by atoms with van der Waals surface area (Å²) in [6, 6.07) is 15.0. The molecule has 1 N–H and O–H groups in total. The molecule has 1 aliphatic carbocycles. The Kier molecular flexibility index (Phi) is 5.39. The molecular weight excluding hydrogens is 306 g/mol. The summed E-state index contributed by atoms with van der Waals surface area (Å²) >= 11 is 0. The van der Waals surface area contributed by atoms with Gasteiger partial charge in [0.05, 0.1) is 7.11 Å². The number of hydrogen-bond acceptors (Lipinski definition) is 2. The van der Waals surface area contributed by atoms with Crippen LogP contribution in [0.2, 0.25) is 0 Å². The van der Waals surface area contributed by atoms with E-state index in [2.05, 4.69) is 73.8 Å². The van der Waals surface area contributed by atoms with E-state index in [-0.39, 0.29) is 0 Å². The number of nitrogens with one attached hydrogen (secondary N) is 1. The van der Waals surface area contributed by atoms with E-state index in [9.17, 15) is 0 Å². The lowest BCUT2D eigenvalue weighted by molar-refractivity contribution is 0.414. The van der Waals surface area contributed by atoms with Crippen LogP contribution in [0.5, 0.6) is 5.75 Å². The van der Waals surface area contributed by atoms with Crippen molar-refractivity contribution in [3.05, 3.63) is 89.0 Å². The van der Waals surface area contributed by atoms with Crippen molar-refractivity contribution in [3.8, 4) is 5.75 Å². The minimum absolute atomic E-state index is 0.343. The Labute approximate surface area is 150 Å². The van der Waals surface area contributed by atoms with Gasteiger partial charge in [0.25, 0.3) is 0 Å². The number of methoxy groups -OCH3 is 1. The predicted octanol–water partition coefficient (Wildman–Crippen LogP) is 5.69. The smallest absolute Gasteiger partial charge is 0.119 e. The van der Waals surface area contributed by atoms with Crippen LogP contribution in [0.1, 0.15) is 23.1 Å². The van der Waals surface area contributed by atoms with Crippen LogP contribution in [-0.4, -0.2) is 13.2 Å². The van der Waals surface area contributed by atoms with Crippen LogP contribution in [0.15, 0.2) is 72.3 Å². The Hall–Kier alpha value is -2.74. The molecule has 0 amide bonds. The molecule has 0 saturated carbocycles. The topological polar surface area (TPSA) is 21.3 Å². The zero-order valence-electron chi connectivity index (χ0n) is 15.1. The minimum atomic E-state index is 0.343. The molecule has 2 heteroatoms. The van der Waals surface area contributed by atoms with Crippen molar-refractivity contribution in [1.29, 1.82) is 0 Å². The standard InChI is InChI=1S/C23H25NO/c1-17-7-14-23(18(2)15-17)24-21-12-10-19(11-13-21)8-9-20-5-4-6-22(16-20)25-3/h4-12,14-16,21,24H,13H2,1-3H3. The summed E-state index contributed by atoms with van der Waals surface area (Å²) in [5, 5.41) is 3.61. The fourth-order valence-electron chi connectivity index (χ4n) is 2.98. The minimum Gasteiger partial charge on any atom is -0.497 e. The normalized spacial score (nSPS) is 16.8. The first-order valence-electron chi connectivity index (χ1n) is 8.68. The molecule has 0 aliphatic heterocycles. The van der Waals surface area contributed by atoms with Gasteiger partial charge in [0.15, 0.2) is 0 Å². The number of hydrogen-bond donors (Lipinski definition) is 1. The molecule has 2 aromatic rings. The lowest BCUT2D eigenvalue weighted by Crippen LogP contribution is -2.18. The molecule has 2 aromatic carbocycles. The summed E-state index contributed by atoms with van der Waals surface area (Å²) in [7, 11) is 1.69. The molecular formula is C23H25NO. The number of rotatable bonds is 5. The van der Waals surface area contributed by atoms with E-state index in [1.807, 2.05) is 18.2 Å². The molecule has 0 saturated heterocycles. The molecule has 0 heterocycles. The summed E-state index contributed by atoms with van der Waals surface area (Å²) in [6.45, 7) is 4.28. The van der Waals surface area contributed by atoms with Gasteiger partial charge < -0.3 is 10.1 Å². The van der Waals surface area contributed by atoms with Crippen molar-refractivity contribution >= 4 is 11.8 Å². The first-order valence-corrected chi connectivity index (χ1v) is 8.68. The van der Waals surface area contributed by atoms with Gasteiger partial charge in [0.2, 0.25) is 0 Å². The van der Waals surface area contributed by atoms with Crippen molar-refractivity contribution in [2.75, 3.05) is 12.4 Å². The fourth-order valence-corrected chi connectivity index (χ4v) is 2.98. The third-order valence-corrected chi connectivity index (χ3v) is 4.41. The van der Waals surface area contributed by atoms with Gasteiger partial charge in [0, 0.05) is 11.7 Å². The highest BCUT2D eigenvalue weighted by molar-refractivity contribution is 5.58. The first-order chi connectivity index (χ1) is 12.1. The molecule has 0 spiro atoms. The van der Waals surface area contributed by atoms with Gasteiger partial charge in [-0.3, -0.25) is 0 Å². The van der Waals surface area contributed by atoms with Crippen molar-refractivity contribution in [2.24, 2.45) is 0 Å². The molecule has 128 valence electrons. The van der Waals surface area contributed by atoms with Crippen molar-refractivity contribution in [1.82, 2.24) is 0 Å². The molecule has 0 radical (unpaired) electrons. The molecule has 0 bridgehead atoms. The fraction of sp³-hybridized carbons (Fsp3) is 0.217. The zero-order chi connectivity index (χ0) is 17.6. The second kappa shape index (κ2) is 7.89. The van der Waals surface area contributed by atoms with Crippen LogP contribution in [0, 0.1) is 13.8 Å². The van der Waals surface area contributed by atoms with E-state index in [4.69, 9.17) is 4.74 Å². The van der Waals surface area contributed by atoms with Crippen LogP contribution in [0.25, 0.3) is 6.08 Å². The van der Waals surface area contributed by atoms with E-state index in [0.717, 1.165) is 17.7 Å². The Bertz CT molecular complexity index is 830. The van der Waals surface area contributed by atoms with E-state index < -0.39 is 0 Å². The van der Waals surface area contributed by atoms with Gasteiger partial charge in [-0.2, -0.15) is 0 Å². The van der Waals surface area contributed by atoms with Gasteiger partial charge in [-0.1, -0.05) is 60.2 Å². The van der Waals surface area contributed by atoms with Crippen molar-refractivity contribution in [2.45, 2.75) is 26.3 Å². The van der Waals surface area contributed by atoms with E-state index in [1.165, 1.54) is 22.4 Å². The number of allylic oxidation sites excluding steroid dienone is 3. The summed E-state index contributed by atoms with van der Waals surface area (Å²) in [4.78, 5) is 0. The second-order valence-electron chi connectivity index (χ2n) is 6.48.